The van der Waals surface area contributed by atoms with Crippen molar-refractivity contribution in [3.8, 4) is 0 Å². The zero-order valence-electron chi connectivity index (χ0n) is 18.4. The molecule has 1 unspecified atom stereocenters. The van der Waals surface area contributed by atoms with E-state index in [0.29, 0.717) is 43.0 Å². The second-order valence-corrected chi connectivity index (χ2v) is 7.98. The SMILES string of the molecule is COC(O)c1cc(NC(=O)C2CCOCC2)c(C(=N)C(C)C)c(Nc2ccc(F)cc2)n1. The average Bonchev–Trinajstić information content (AvgIpc) is 2.80. The molecule has 1 aliphatic heterocycles. The topological polar surface area (TPSA) is 117 Å². The van der Waals surface area contributed by atoms with Gasteiger partial charge in [-0.1, -0.05) is 13.8 Å². The second kappa shape index (κ2) is 10.6. The third-order valence-electron chi connectivity index (χ3n) is 5.32. The molecule has 0 radical (unpaired) electrons. The lowest BCUT2D eigenvalue weighted by atomic mass is 9.96. The van der Waals surface area contributed by atoms with Crippen LogP contribution in [0.15, 0.2) is 30.3 Å². The molecular weight excluding hydrogens is 415 g/mol. The summed E-state index contributed by atoms with van der Waals surface area (Å²) in [5, 5.41) is 24.9. The molecule has 0 spiro atoms. The number of nitrogens with one attached hydrogen (secondary N) is 3. The van der Waals surface area contributed by atoms with Crippen LogP contribution in [0.3, 0.4) is 0 Å². The van der Waals surface area contributed by atoms with Crippen molar-refractivity contribution in [2.45, 2.75) is 33.0 Å². The molecule has 1 aliphatic rings. The van der Waals surface area contributed by atoms with Crippen LogP contribution in [0.4, 0.5) is 21.6 Å². The summed E-state index contributed by atoms with van der Waals surface area (Å²) in [6.45, 7) is 4.78. The summed E-state index contributed by atoms with van der Waals surface area (Å²) in [6.07, 6.45) is -0.102. The number of nitrogens with zero attached hydrogens (tertiary/aromatic N) is 1. The van der Waals surface area contributed by atoms with E-state index in [1.54, 1.807) is 12.1 Å². The van der Waals surface area contributed by atoms with Crippen molar-refractivity contribution in [3.05, 3.63) is 47.4 Å². The fourth-order valence-corrected chi connectivity index (χ4v) is 3.43. The van der Waals surface area contributed by atoms with Gasteiger partial charge < -0.3 is 30.6 Å². The number of aromatic nitrogens is 1. The molecule has 9 heteroatoms. The second-order valence-electron chi connectivity index (χ2n) is 7.98. The molecule has 2 heterocycles. The van der Waals surface area contributed by atoms with Crippen LogP contribution in [0.1, 0.15) is 44.2 Å². The minimum atomic E-state index is -1.33. The molecular formula is C23H29FN4O4. The van der Waals surface area contributed by atoms with Crippen LogP contribution >= 0.6 is 0 Å². The number of carbonyl (C=O) groups is 1. The largest absolute Gasteiger partial charge is 0.381 e. The van der Waals surface area contributed by atoms with Gasteiger partial charge in [-0.3, -0.25) is 4.79 Å². The molecule has 32 heavy (non-hydrogen) atoms. The van der Waals surface area contributed by atoms with Crippen molar-refractivity contribution in [1.29, 1.82) is 5.41 Å². The summed E-state index contributed by atoms with van der Waals surface area (Å²) < 4.78 is 23.7. The van der Waals surface area contributed by atoms with Crippen molar-refractivity contribution >= 4 is 28.8 Å². The minimum Gasteiger partial charge on any atom is -0.381 e. The fourth-order valence-electron chi connectivity index (χ4n) is 3.43. The summed E-state index contributed by atoms with van der Waals surface area (Å²) in [6, 6.07) is 7.21. The van der Waals surface area contributed by atoms with E-state index in [9.17, 15) is 14.3 Å². The monoisotopic (exact) mass is 444 g/mol. The van der Waals surface area contributed by atoms with Crippen molar-refractivity contribution < 1.29 is 23.8 Å². The highest BCUT2D eigenvalue weighted by Crippen LogP contribution is 2.32. The molecule has 1 aromatic heterocycles. The van der Waals surface area contributed by atoms with Crippen molar-refractivity contribution in [2.75, 3.05) is 31.0 Å². The van der Waals surface area contributed by atoms with Crippen LogP contribution in [-0.4, -0.2) is 42.0 Å². The molecule has 3 rings (SSSR count). The number of amides is 1. The van der Waals surface area contributed by atoms with Gasteiger partial charge >= 0.3 is 0 Å². The quantitative estimate of drug-likeness (QED) is 0.361. The Morgan fingerprint density at radius 2 is 1.94 bits per heavy atom. The van der Waals surface area contributed by atoms with E-state index in [2.05, 4.69) is 15.6 Å². The van der Waals surface area contributed by atoms with Gasteiger partial charge in [0, 0.05) is 37.6 Å². The number of carbonyl (C=O) groups excluding carboxylic acids is 1. The molecule has 1 atom stereocenters. The van der Waals surface area contributed by atoms with Gasteiger partial charge in [-0.2, -0.15) is 0 Å². The maximum absolute atomic E-state index is 13.4. The molecule has 2 aromatic rings. The van der Waals surface area contributed by atoms with Crippen LogP contribution in [0.5, 0.6) is 0 Å². The molecule has 0 aliphatic carbocycles. The number of aliphatic hydroxyl groups is 1. The summed E-state index contributed by atoms with van der Waals surface area (Å²) in [5.41, 5.74) is 1.72. The Labute approximate surface area is 186 Å². The van der Waals surface area contributed by atoms with E-state index in [1.807, 2.05) is 13.8 Å². The summed E-state index contributed by atoms with van der Waals surface area (Å²) in [5.74, 6) is -0.675. The van der Waals surface area contributed by atoms with Gasteiger partial charge in [0.1, 0.15) is 17.3 Å². The predicted molar refractivity (Wildman–Crippen MR) is 120 cm³/mol. The highest BCUT2D eigenvalue weighted by molar-refractivity contribution is 6.11. The van der Waals surface area contributed by atoms with Gasteiger partial charge in [-0.05, 0) is 49.1 Å². The number of ether oxygens (including phenoxy) is 2. The number of anilines is 3. The van der Waals surface area contributed by atoms with E-state index in [0.717, 1.165) is 0 Å². The smallest absolute Gasteiger partial charge is 0.227 e. The first kappa shape index (κ1) is 23.8. The first-order chi connectivity index (χ1) is 15.3. The lowest BCUT2D eigenvalue weighted by Crippen LogP contribution is -2.29. The first-order valence-corrected chi connectivity index (χ1v) is 10.6. The van der Waals surface area contributed by atoms with Crippen LogP contribution < -0.4 is 10.6 Å². The van der Waals surface area contributed by atoms with Crippen LogP contribution in [0, 0.1) is 23.1 Å². The average molecular weight is 445 g/mol. The first-order valence-electron chi connectivity index (χ1n) is 10.6. The van der Waals surface area contributed by atoms with E-state index in [4.69, 9.17) is 14.9 Å². The lowest BCUT2D eigenvalue weighted by Gasteiger charge is -2.24. The molecule has 0 saturated carbocycles. The third-order valence-corrected chi connectivity index (χ3v) is 5.32. The number of benzene rings is 1. The zero-order chi connectivity index (χ0) is 23.3. The molecule has 1 saturated heterocycles. The molecule has 1 aromatic carbocycles. The molecule has 1 fully saturated rings. The molecule has 1 amide bonds. The van der Waals surface area contributed by atoms with E-state index in [1.165, 1.54) is 25.3 Å². The fraction of sp³-hybridized carbons (Fsp3) is 0.435. The van der Waals surface area contributed by atoms with Crippen LogP contribution in [-0.2, 0) is 14.3 Å². The lowest BCUT2D eigenvalue weighted by molar-refractivity contribution is -0.122. The maximum atomic E-state index is 13.4. The highest BCUT2D eigenvalue weighted by Gasteiger charge is 2.26. The Hall–Kier alpha value is -2.88. The number of pyridine rings is 1. The van der Waals surface area contributed by atoms with Gasteiger partial charge in [0.15, 0.2) is 6.29 Å². The summed E-state index contributed by atoms with van der Waals surface area (Å²) >= 11 is 0. The molecule has 4 N–H and O–H groups in total. The maximum Gasteiger partial charge on any atom is 0.227 e. The standard InChI is InChI=1S/C23H29FN4O4/c1-13(2)20(25)19-17(28-22(29)14-8-10-32-11-9-14)12-18(23(30)31-3)27-21(19)26-16-6-4-15(24)5-7-16/h4-7,12-14,23,25,30H,8-11H2,1-3H3,(H2,26,27,28,29). The zero-order valence-corrected chi connectivity index (χ0v) is 18.4. The Balaban J connectivity index is 2.07. The van der Waals surface area contributed by atoms with Gasteiger partial charge in [0.05, 0.1) is 11.3 Å². The number of hydrogen-bond donors (Lipinski definition) is 4. The number of hydrogen-bond acceptors (Lipinski definition) is 7. The third kappa shape index (κ3) is 5.67. The highest BCUT2D eigenvalue weighted by atomic mass is 19.1. The van der Waals surface area contributed by atoms with Gasteiger partial charge in [0.2, 0.25) is 5.91 Å². The Morgan fingerprint density at radius 1 is 1.28 bits per heavy atom. The Morgan fingerprint density at radius 3 is 2.53 bits per heavy atom. The van der Waals surface area contributed by atoms with E-state index < -0.39 is 6.29 Å². The summed E-state index contributed by atoms with van der Waals surface area (Å²) in [7, 11) is 1.34. The summed E-state index contributed by atoms with van der Waals surface area (Å²) in [4.78, 5) is 17.4. The van der Waals surface area contributed by atoms with Crippen molar-refractivity contribution in [3.63, 3.8) is 0 Å². The number of rotatable bonds is 8. The number of methoxy groups -OCH3 is 1. The van der Waals surface area contributed by atoms with E-state index >= 15 is 0 Å². The van der Waals surface area contributed by atoms with Crippen LogP contribution in [0.2, 0.25) is 0 Å². The Bertz CT molecular complexity index is 959. The normalized spacial score (nSPS) is 15.4. The number of halogens is 1. The van der Waals surface area contributed by atoms with Crippen molar-refractivity contribution in [1.82, 2.24) is 4.98 Å². The molecule has 0 bridgehead atoms. The van der Waals surface area contributed by atoms with Crippen molar-refractivity contribution in [2.24, 2.45) is 11.8 Å². The minimum absolute atomic E-state index is 0.164. The van der Waals surface area contributed by atoms with E-state index in [-0.39, 0.29) is 40.8 Å². The Kier molecular flexibility index (Phi) is 7.89. The predicted octanol–water partition coefficient (Wildman–Crippen LogP) is 3.99. The van der Waals surface area contributed by atoms with Gasteiger partial charge in [0.25, 0.3) is 0 Å². The van der Waals surface area contributed by atoms with Gasteiger partial charge in [-0.15, -0.1) is 0 Å². The number of aliphatic hydroxyl groups excluding tert-OH is 1. The molecule has 172 valence electrons. The van der Waals surface area contributed by atoms with Crippen LogP contribution in [0.25, 0.3) is 0 Å². The van der Waals surface area contributed by atoms with Gasteiger partial charge in [-0.25, -0.2) is 9.37 Å². The molecule has 8 nitrogen and oxygen atoms in total.